The van der Waals surface area contributed by atoms with Gasteiger partial charge in [-0.05, 0) is 31.0 Å². The first-order chi connectivity index (χ1) is 10.4. The zero-order valence-electron chi connectivity index (χ0n) is 12.7. The molecule has 2 N–H and O–H groups in total. The monoisotopic (exact) mass is 309 g/mol. The number of carboxylic acids is 1. The van der Waals surface area contributed by atoms with Crippen molar-refractivity contribution in [2.24, 2.45) is 0 Å². The van der Waals surface area contributed by atoms with Crippen molar-refractivity contribution in [3.8, 4) is 11.5 Å². The number of ether oxygens (including phenoxy) is 2. The van der Waals surface area contributed by atoms with Gasteiger partial charge < -0.3 is 19.7 Å². The van der Waals surface area contributed by atoms with Gasteiger partial charge in [-0.3, -0.25) is 9.69 Å². The summed E-state index contributed by atoms with van der Waals surface area (Å²) in [6, 6.07) is 2.09. The van der Waals surface area contributed by atoms with E-state index in [1.54, 1.807) is 19.1 Å². The number of hydrogen-bond acceptors (Lipinski definition) is 5. The SMILES string of the molecule is CCC1Oc2c(OC)cc(CO)cc2N(C(C)C(=O)O)C1=O. The van der Waals surface area contributed by atoms with E-state index in [0.717, 1.165) is 0 Å². The second-order valence-electron chi connectivity index (χ2n) is 5.04. The maximum atomic E-state index is 12.5. The topological polar surface area (TPSA) is 96.3 Å². The van der Waals surface area contributed by atoms with Crippen LogP contribution in [0, 0.1) is 0 Å². The van der Waals surface area contributed by atoms with Gasteiger partial charge in [0.15, 0.2) is 17.6 Å². The lowest BCUT2D eigenvalue weighted by molar-refractivity contribution is -0.140. The van der Waals surface area contributed by atoms with Gasteiger partial charge in [0.25, 0.3) is 5.91 Å². The van der Waals surface area contributed by atoms with Crippen LogP contribution in [0.2, 0.25) is 0 Å². The summed E-state index contributed by atoms with van der Waals surface area (Å²) in [6.45, 7) is 2.95. The molecule has 2 atom stereocenters. The van der Waals surface area contributed by atoms with Crippen LogP contribution in [0.4, 0.5) is 5.69 Å². The van der Waals surface area contributed by atoms with E-state index < -0.39 is 24.0 Å². The molecule has 0 aromatic heterocycles. The van der Waals surface area contributed by atoms with Gasteiger partial charge in [0.05, 0.1) is 19.4 Å². The fourth-order valence-electron chi connectivity index (χ4n) is 2.42. The molecule has 0 aliphatic carbocycles. The number of amides is 1. The maximum Gasteiger partial charge on any atom is 0.326 e. The number of methoxy groups -OCH3 is 1. The van der Waals surface area contributed by atoms with Crippen LogP contribution >= 0.6 is 0 Å². The molecule has 120 valence electrons. The first-order valence-corrected chi connectivity index (χ1v) is 6.98. The number of carbonyl (C=O) groups is 2. The fraction of sp³-hybridized carbons (Fsp3) is 0.467. The average molecular weight is 309 g/mol. The minimum absolute atomic E-state index is 0.260. The number of aliphatic hydroxyl groups is 1. The van der Waals surface area contributed by atoms with Gasteiger partial charge in [-0.15, -0.1) is 0 Å². The van der Waals surface area contributed by atoms with Gasteiger partial charge >= 0.3 is 5.97 Å². The molecule has 1 aliphatic heterocycles. The molecule has 7 heteroatoms. The number of anilines is 1. The zero-order valence-corrected chi connectivity index (χ0v) is 12.7. The Morgan fingerprint density at radius 3 is 2.68 bits per heavy atom. The maximum absolute atomic E-state index is 12.5. The molecule has 0 radical (unpaired) electrons. The molecule has 0 saturated carbocycles. The Hall–Kier alpha value is -2.28. The number of hydrogen-bond donors (Lipinski definition) is 2. The van der Waals surface area contributed by atoms with Crippen LogP contribution in [0.1, 0.15) is 25.8 Å². The zero-order chi connectivity index (χ0) is 16.4. The summed E-state index contributed by atoms with van der Waals surface area (Å²) < 4.78 is 10.9. The summed E-state index contributed by atoms with van der Waals surface area (Å²) in [4.78, 5) is 25.0. The van der Waals surface area contributed by atoms with E-state index in [0.29, 0.717) is 29.2 Å². The molecule has 22 heavy (non-hydrogen) atoms. The van der Waals surface area contributed by atoms with Gasteiger partial charge in [0.1, 0.15) is 6.04 Å². The first-order valence-electron chi connectivity index (χ1n) is 6.98. The van der Waals surface area contributed by atoms with Crippen LogP contribution in [-0.2, 0) is 16.2 Å². The molecule has 0 spiro atoms. The average Bonchev–Trinajstić information content (AvgIpc) is 2.52. The predicted molar refractivity (Wildman–Crippen MR) is 78.2 cm³/mol. The summed E-state index contributed by atoms with van der Waals surface area (Å²) in [5, 5.41) is 18.6. The minimum atomic E-state index is -1.12. The third-order valence-electron chi connectivity index (χ3n) is 3.65. The van der Waals surface area contributed by atoms with Crippen LogP contribution in [-0.4, -0.2) is 41.3 Å². The predicted octanol–water partition coefficient (Wildman–Crippen LogP) is 1.16. The molecule has 2 rings (SSSR count). The van der Waals surface area contributed by atoms with Crippen molar-refractivity contribution in [1.29, 1.82) is 0 Å². The molecule has 1 amide bonds. The highest BCUT2D eigenvalue weighted by Crippen LogP contribution is 2.44. The van der Waals surface area contributed by atoms with Crippen LogP contribution in [0.15, 0.2) is 12.1 Å². The standard InChI is InChI=1S/C15H19NO6/c1-4-11-14(18)16(8(2)15(19)20)10-5-9(7-17)6-12(21-3)13(10)22-11/h5-6,8,11,17H,4,7H2,1-3H3,(H,19,20). The van der Waals surface area contributed by atoms with Crippen LogP contribution in [0.3, 0.4) is 0 Å². The number of carboxylic acid groups (broad SMARTS) is 1. The Labute approximate surface area is 128 Å². The fourth-order valence-corrected chi connectivity index (χ4v) is 2.42. The van der Waals surface area contributed by atoms with Crippen molar-refractivity contribution >= 4 is 17.6 Å². The van der Waals surface area contributed by atoms with E-state index in [9.17, 15) is 19.8 Å². The number of aliphatic hydroxyl groups excluding tert-OH is 1. The number of benzene rings is 1. The van der Waals surface area contributed by atoms with E-state index in [-0.39, 0.29) is 6.61 Å². The number of carbonyl (C=O) groups excluding carboxylic acids is 1. The number of nitrogens with zero attached hydrogens (tertiary/aromatic N) is 1. The van der Waals surface area contributed by atoms with Crippen LogP contribution < -0.4 is 14.4 Å². The van der Waals surface area contributed by atoms with Crippen LogP contribution in [0.25, 0.3) is 0 Å². The first kappa shape index (κ1) is 16.1. The molecule has 0 fully saturated rings. The quantitative estimate of drug-likeness (QED) is 0.847. The normalized spacial score (nSPS) is 18.5. The highest BCUT2D eigenvalue weighted by atomic mass is 16.5. The van der Waals surface area contributed by atoms with E-state index in [2.05, 4.69) is 0 Å². The number of aliphatic carboxylic acids is 1. The smallest absolute Gasteiger partial charge is 0.326 e. The third-order valence-corrected chi connectivity index (χ3v) is 3.65. The second kappa shape index (κ2) is 6.23. The molecular weight excluding hydrogens is 290 g/mol. The molecule has 0 bridgehead atoms. The van der Waals surface area contributed by atoms with Gasteiger partial charge in [0, 0.05) is 0 Å². The lowest BCUT2D eigenvalue weighted by atomic mass is 10.1. The Bertz CT molecular complexity index is 600. The summed E-state index contributed by atoms with van der Waals surface area (Å²) in [5.41, 5.74) is 0.803. The van der Waals surface area contributed by atoms with E-state index in [4.69, 9.17) is 9.47 Å². The molecular formula is C15H19NO6. The Kier molecular flexibility index (Phi) is 4.56. The molecule has 0 saturated heterocycles. The Balaban J connectivity index is 2.65. The van der Waals surface area contributed by atoms with Gasteiger partial charge in [-0.2, -0.15) is 0 Å². The molecule has 1 aliphatic rings. The van der Waals surface area contributed by atoms with Crippen molar-refractivity contribution in [2.45, 2.75) is 39.0 Å². The van der Waals surface area contributed by atoms with Crippen molar-refractivity contribution < 1.29 is 29.3 Å². The summed E-state index contributed by atoms with van der Waals surface area (Å²) in [6.07, 6.45) is -0.352. The molecule has 2 unspecified atom stereocenters. The highest BCUT2D eigenvalue weighted by Gasteiger charge is 2.40. The van der Waals surface area contributed by atoms with Gasteiger partial charge in [-0.25, -0.2) is 4.79 Å². The van der Waals surface area contributed by atoms with Crippen molar-refractivity contribution in [3.63, 3.8) is 0 Å². The Morgan fingerprint density at radius 2 is 2.18 bits per heavy atom. The number of fused-ring (bicyclic) bond motifs is 1. The van der Waals surface area contributed by atoms with Crippen molar-refractivity contribution in [2.75, 3.05) is 12.0 Å². The van der Waals surface area contributed by atoms with E-state index >= 15 is 0 Å². The Morgan fingerprint density at radius 1 is 1.50 bits per heavy atom. The molecule has 7 nitrogen and oxygen atoms in total. The van der Waals surface area contributed by atoms with Crippen molar-refractivity contribution in [1.82, 2.24) is 0 Å². The highest BCUT2D eigenvalue weighted by molar-refractivity contribution is 6.04. The van der Waals surface area contributed by atoms with Crippen molar-refractivity contribution in [3.05, 3.63) is 17.7 Å². The molecule has 1 heterocycles. The van der Waals surface area contributed by atoms with E-state index in [1.807, 2.05) is 0 Å². The van der Waals surface area contributed by atoms with Gasteiger partial charge in [0.2, 0.25) is 0 Å². The lowest BCUT2D eigenvalue weighted by Gasteiger charge is -2.37. The summed E-state index contributed by atoms with van der Waals surface area (Å²) in [7, 11) is 1.45. The van der Waals surface area contributed by atoms with Crippen LogP contribution in [0.5, 0.6) is 11.5 Å². The number of rotatable bonds is 5. The second-order valence-corrected chi connectivity index (χ2v) is 5.04. The molecule has 1 aromatic rings. The lowest BCUT2D eigenvalue weighted by Crippen LogP contribution is -2.52. The van der Waals surface area contributed by atoms with E-state index in [1.165, 1.54) is 18.9 Å². The summed E-state index contributed by atoms with van der Waals surface area (Å²) in [5.74, 6) is -0.860. The largest absolute Gasteiger partial charge is 0.493 e. The molecule has 1 aromatic carbocycles. The van der Waals surface area contributed by atoms with Gasteiger partial charge in [-0.1, -0.05) is 6.92 Å². The summed E-state index contributed by atoms with van der Waals surface area (Å²) >= 11 is 0. The minimum Gasteiger partial charge on any atom is -0.493 e. The third kappa shape index (κ3) is 2.59.